The SMILES string of the molecule is Cc1cnccc1CNS(=O)(=O)c1ccc(F)c(CO)c1. The van der Waals surface area contributed by atoms with Crippen molar-refractivity contribution in [2.45, 2.75) is 25.0 Å². The van der Waals surface area contributed by atoms with Crippen molar-refractivity contribution in [2.24, 2.45) is 0 Å². The zero-order valence-electron chi connectivity index (χ0n) is 11.4. The van der Waals surface area contributed by atoms with Crippen molar-refractivity contribution < 1.29 is 17.9 Å². The summed E-state index contributed by atoms with van der Waals surface area (Å²) in [5.41, 5.74) is 1.62. The molecule has 0 saturated carbocycles. The number of pyridine rings is 1. The van der Waals surface area contributed by atoms with Gasteiger partial charge in [0.05, 0.1) is 11.5 Å². The molecule has 5 nitrogen and oxygen atoms in total. The Labute approximate surface area is 122 Å². The van der Waals surface area contributed by atoms with Crippen LogP contribution in [-0.2, 0) is 23.2 Å². The predicted octanol–water partition coefficient (Wildman–Crippen LogP) is 1.50. The van der Waals surface area contributed by atoms with E-state index in [1.165, 1.54) is 0 Å². The third kappa shape index (κ3) is 3.63. The van der Waals surface area contributed by atoms with Gasteiger partial charge in [-0.3, -0.25) is 4.98 Å². The molecular formula is C14H15FN2O3S. The number of halogens is 1. The summed E-state index contributed by atoms with van der Waals surface area (Å²) in [6, 6.07) is 5.03. The van der Waals surface area contributed by atoms with Gasteiger partial charge in [0, 0.05) is 24.5 Å². The molecule has 0 radical (unpaired) electrons. The van der Waals surface area contributed by atoms with Crippen molar-refractivity contribution in [3.63, 3.8) is 0 Å². The second-order valence-corrected chi connectivity index (χ2v) is 6.30. The summed E-state index contributed by atoms with van der Waals surface area (Å²) < 4.78 is 40.1. The normalized spacial score (nSPS) is 11.6. The minimum atomic E-state index is -3.77. The molecule has 2 aromatic rings. The van der Waals surface area contributed by atoms with Crippen LogP contribution in [0.15, 0.2) is 41.6 Å². The van der Waals surface area contributed by atoms with Gasteiger partial charge >= 0.3 is 0 Å². The van der Waals surface area contributed by atoms with Crippen LogP contribution in [0.4, 0.5) is 4.39 Å². The zero-order valence-corrected chi connectivity index (χ0v) is 12.2. The van der Waals surface area contributed by atoms with Crippen molar-refractivity contribution in [1.82, 2.24) is 9.71 Å². The van der Waals surface area contributed by atoms with Gasteiger partial charge in [0.2, 0.25) is 10.0 Å². The van der Waals surface area contributed by atoms with Gasteiger partial charge in [-0.15, -0.1) is 0 Å². The van der Waals surface area contributed by atoms with E-state index < -0.39 is 22.4 Å². The molecule has 0 aliphatic carbocycles. The maximum Gasteiger partial charge on any atom is 0.240 e. The Morgan fingerprint density at radius 1 is 1.29 bits per heavy atom. The Morgan fingerprint density at radius 3 is 2.71 bits per heavy atom. The molecule has 0 saturated heterocycles. The van der Waals surface area contributed by atoms with Gasteiger partial charge in [0.1, 0.15) is 5.82 Å². The summed E-state index contributed by atoms with van der Waals surface area (Å²) in [6.45, 7) is 1.39. The number of sulfonamides is 1. The smallest absolute Gasteiger partial charge is 0.240 e. The van der Waals surface area contributed by atoms with E-state index in [1.807, 2.05) is 6.92 Å². The van der Waals surface area contributed by atoms with Crippen LogP contribution in [0, 0.1) is 12.7 Å². The highest BCUT2D eigenvalue weighted by molar-refractivity contribution is 7.89. The van der Waals surface area contributed by atoms with E-state index in [1.54, 1.807) is 18.5 Å². The molecule has 0 bridgehead atoms. The van der Waals surface area contributed by atoms with Gasteiger partial charge in [-0.1, -0.05) is 0 Å². The van der Waals surface area contributed by atoms with Crippen LogP contribution in [0.5, 0.6) is 0 Å². The highest BCUT2D eigenvalue weighted by Gasteiger charge is 2.16. The third-order valence-corrected chi connectivity index (χ3v) is 4.49. The minimum Gasteiger partial charge on any atom is -0.392 e. The van der Waals surface area contributed by atoms with Crippen molar-refractivity contribution in [3.05, 3.63) is 59.2 Å². The Hall–Kier alpha value is -1.83. The topological polar surface area (TPSA) is 79.3 Å². The molecule has 0 aliphatic heterocycles. The van der Waals surface area contributed by atoms with Crippen molar-refractivity contribution in [2.75, 3.05) is 0 Å². The van der Waals surface area contributed by atoms with Gasteiger partial charge in [0.25, 0.3) is 0 Å². The van der Waals surface area contributed by atoms with Crippen LogP contribution in [0.25, 0.3) is 0 Å². The number of hydrogen-bond acceptors (Lipinski definition) is 4. The first-order valence-corrected chi connectivity index (χ1v) is 7.71. The number of benzene rings is 1. The minimum absolute atomic E-state index is 0.0574. The zero-order chi connectivity index (χ0) is 15.5. The van der Waals surface area contributed by atoms with Crippen LogP contribution in [0.1, 0.15) is 16.7 Å². The fourth-order valence-corrected chi connectivity index (χ4v) is 2.85. The van der Waals surface area contributed by atoms with Gasteiger partial charge in [-0.2, -0.15) is 0 Å². The molecular weight excluding hydrogens is 295 g/mol. The van der Waals surface area contributed by atoms with E-state index in [-0.39, 0.29) is 17.0 Å². The third-order valence-electron chi connectivity index (χ3n) is 3.09. The molecule has 1 aromatic heterocycles. The van der Waals surface area contributed by atoms with Crippen LogP contribution in [0.2, 0.25) is 0 Å². The molecule has 0 spiro atoms. The molecule has 7 heteroatoms. The lowest BCUT2D eigenvalue weighted by Crippen LogP contribution is -2.24. The Bertz CT molecular complexity index is 748. The first-order valence-electron chi connectivity index (χ1n) is 6.22. The number of aliphatic hydroxyl groups is 1. The van der Waals surface area contributed by atoms with Gasteiger partial charge in [0.15, 0.2) is 0 Å². The quantitative estimate of drug-likeness (QED) is 0.877. The Morgan fingerprint density at radius 2 is 2.05 bits per heavy atom. The summed E-state index contributed by atoms with van der Waals surface area (Å²) in [6.07, 6.45) is 3.23. The lowest BCUT2D eigenvalue weighted by molar-refractivity contribution is 0.275. The number of nitrogens with one attached hydrogen (secondary N) is 1. The number of rotatable bonds is 5. The largest absolute Gasteiger partial charge is 0.392 e. The number of aliphatic hydroxyl groups excluding tert-OH is 1. The van der Waals surface area contributed by atoms with Crippen molar-refractivity contribution in [1.29, 1.82) is 0 Å². The maximum atomic E-state index is 13.3. The Kier molecular flexibility index (Phi) is 4.66. The molecule has 0 amide bonds. The van der Waals surface area contributed by atoms with E-state index in [0.29, 0.717) is 0 Å². The van der Waals surface area contributed by atoms with E-state index in [9.17, 15) is 12.8 Å². The lowest BCUT2D eigenvalue weighted by Gasteiger charge is -2.09. The second kappa shape index (κ2) is 6.30. The lowest BCUT2D eigenvalue weighted by atomic mass is 10.2. The molecule has 0 atom stereocenters. The first-order chi connectivity index (χ1) is 9.94. The monoisotopic (exact) mass is 310 g/mol. The van der Waals surface area contributed by atoms with E-state index in [2.05, 4.69) is 9.71 Å². The van der Waals surface area contributed by atoms with Crippen molar-refractivity contribution >= 4 is 10.0 Å². The number of nitrogens with zero attached hydrogens (tertiary/aromatic N) is 1. The fourth-order valence-electron chi connectivity index (χ4n) is 1.80. The van der Waals surface area contributed by atoms with E-state index in [4.69, 9.17) is 5.11 Å². The van der Waals surface area contributed by atoms with Gasteiger partial charge < -0.3 is 5.11 Å². The summed E-state index contributed by atoms with van der Waals surface area (Å²) in [5.74, 6) is -0.638. The molecule has 0 aliphatic rings. The number of hydrogen-bond donors (Lipinski definition) is 2. The molecule has 1 aromatic carbocycles. The van der Waals surface area contributed by atoms with Gasteiger partial charge in [-0.05, 0) is 42.3 Å². The van der Waals surface area contributed by atoms with Crippen molar-refractivity contribution in [3.8, 4) is 0 Å². The number of aryl methyl sites for hydroxylation is 1. The fraction of sp³-hybridized carbons (Fsp3) is 0.214. The van der Waals surface area contributed by atoms with E-state index in [0.717, 1.165) is 29.3 Å². The summed E-state index contributed by atoms with van der Waals surface area (Å²) in [7, 11) is -3.77. The maximum absolute atomic E-state index is 13.3. The molecule has 21 heavy (non-hydrogen) atoms. The summed E-state index contributed by atoms with van der Waals surface area (Å²) in [5, 5.41) is 8.99. The first kappa shape index (κ1) is 15.6. The molecule has 0 fully saturated rings. The molecule has 1 heterocycles. The van der Waals surface area contributed by atoms with Gasteiger partial charge in [-0.25, -0.2) is 17.5 Å². The summed E-state index contributed by atoms with van der Waals surface area (Å²) >= 11 is 0. The van der Waals surface area contributed by atoms with Crippen LogP contribution < -0.4 is 4.72 Å². The number of aromatic nitrogens is 1. The highest BCUT2D eigenvalue weighted by Crippen LogP contribution is 2.16. The molecule has 0 unspecified atom stereocenters. The summed E-state index contributed by atoms with van der Waals surface area (Å²) in [4.78, 5) is 3.85. The van der Waals surface area contributed by atoms with Crippen LogP contribution >= 0.6 is 0 Å². The molecule has 2 rings (SSSR count). The predicted molar refractivity (Wildman–Crippen MR) is 75.3 cm³/mol. The highest BCUT2D eigenvalue weighted by atomic mass is 32.2. The average Bonchev–Trinajstić information content (AvgIpc) is 2.46. The Balaban J connectivity index is 2.21. The molecule has 2 N–H and O–H groups in total. The molecule has 112 valence electrons. The van der Waals surface area contributed by atoms with Crippen LogP contribution in [-0.4, -0.2) is 18.5 Å². The van der Waals surface area contributed by atoms with E-state index >= 15 is 0 Å². The standard InChI is InChI=1S/C14H15FN2O3S/c1-10-7-16-5-4-11(10)8-17-21(19,20)13-2-3-14(15)12(6-13)9-18/h2-7,17-18H,8-9H2,1H3. The van der Waals surface area contributed by atoms with Crippen LogP contribution in [0.3, 0.4) is 0 Å². The average molecular weight is 310 g/mol. The second-order valence-electron chi connectivity index (χ2n) is 4.54.